The second-order valence-electron chi connectivity index (χ2n) is 8.19. The zero-order valence-corrected chi connectivity index (χ0v) is 18.6. The first-order valence-corrected chi connectivity index (χ1v) is 11.2. The summed E-state index contributed by atoms with van der Waals surface area (Å²) in [6, 6.07) is 9.77. The maximum Gasteiger partial charge on any atom is 0.312 e. The number of aromatic nitrogens is 2. The summed E-state index contributed by atoms with van der Waals surface area (Å²) in [5.41, 5.74) is 1.92. The van der Waals surface area contributed by atoms with Crippen molar-refractivity contribution >= 4 is 5.97 Å². The smallest absolute Gasteiger partial charge is 0.312 e. The lowest BCUT2D eigenvalue weighted by Gasteiger charge is -2.39. The highest BCUT2D eigenvalue weighted by atomic mass is 16.5. The van der Waals surface area contributed by atoms with Crippen LogP contribution in [0.2, 0.25) is 0 Å². The molecule has 2 heterocycles. The Bertz CT molecular complexity index is 795. The van der Waals surface area contributed by atoms with E-state index >= 15 is 0 Å². The van der Waals surface area contributed by atoms with Gasteiger partial charge in [0.1, 0.15) is 5.75 Å². The van der Waals surface area contributed by atoms with Crippen molar-refractivity contribution in [3.05, 3.63) is 47.8 Å². The number of nitrogens with zero attached hydrogens (tertiary/aromatic N) is 3. The van der Waals surface area contributed by atoms with Crippen molar-refractivity contribution in [2.24, 2.45) is 5.41 Å². The number of para-hydroxylation sites is 1. The molecule has 0 radical (unpaired) electrons. The van der Waals surface area contributed by atoms with E-state index in [1.165, 1.54) is 5.56 Å². The van der Waals surface area contributed by atoms with Crippen molar-refractivity contribution in [3.8, 4) is 5.75 Å². The van der Waals surface area contributed by atoms with Crippen LogP contribution in [-0.4, -0.2) is 47.0 Å². The number of esters is 1. The Morgan fingerprint density at radius 2 is 1.90 bits per heavy atom. The monoisotopic (exact) mass is 413 g/mol. The summed E-state index contributed by atoms with van der Waals surface area (Å²) in [5.74, 6) is 0.766. The maximum absolute atomic E-state index is 12.8. The van der Waals surface area contributed by atoms with Gasteiger partial charge in [0.05, 0.1) is 24.3 Å². The molecule has 0 N–H and O–H groups in total. The molecule has 1 aliphatic rings. The Morgan fingerprint density at radius 3 is 2.57 bits per heavy atom. The van der Waals surface area contributed by atoms with Crippen LogP contribution in [0.3, 0.4) is 0 Å². The standard InChI is InChI=1S/C24H35N3O3/c1-4-14-27-19-21(20(3)25-27)18-26-15-11-24(12-16-26,23(28)29-5-2)13-17-30-22-9-7-6-8-10-22/h6-10,19H,4-5,11-18H2,1-3H3. The zero-order chi connectivity index (χ0) is 21.4. The molecule has 164 valence electrons. The summed E-state index contributed by atoms with van der Waals surface area (Å²) >= 11 is 0. The van der Waals surface area contributed by atoms with Crippen LogP contribution in [0, 0.1) is 12.3 Å². The minimum absolute atomic E-state index is 0.0757. The van der Waals surface area contributed by atoms with Gasteiger partial charge in [-0.25, -0.2) is 0 Å². The number of likely N-dealkylation sites (tertiary alicyclic amines) is 1. The van der Waals surface area contributed by atoms with Gasteiger partial charge in [0, 0.05) is 24.8 Å². The lowest BCUT2D eigenvalue weighted by Crippen LogP contribution is -2.45. The predicted molar refractivity (Wildman–Crippen MR) is 117 cm³/mol. The third-order valence-electron chi connectivity index (χ3n) is 6.01. The van der Waals surface area contributed by atoms with Gasteiger partial charge in [-0.2, -0.15) is 5.10 Å². The van der Waals surface area contributed by atoms with Crippen LogP contribution in [0.4, 0.5) is 0 Å². The lowest BCUT2D eigenvalue weighted by molar-refractivity contribution is -0.159. The SMILES string of the molecule is CCCn1cc(CN2CCC(CCOc3ccccc3)(C(=O)OCC)CC2)c(C)n1. The van der Waals surface area contributed by atoms with Gasteiger partial charge in [-0.05, 0) is 64.8 Å². The first kappa shape index (κ1) is 22.3. The summed E-state index contributed by atoms with van der Waals surface area (Å²) in [5, 5.41) is 4.62. The van der Waals surface area contributed by atoms with Gasteiger partial charge in [0.15, 0.2) is 0 Å². The van der Waals surface area contributed by atoms with Gasteiger partial charge >= 0.3 is 5.97 Å². The maximum atomic E-state index is 12.8. The zero-order valence-electron chi connectivity index (χ0n) is 18.6. The van der Waals surface area contributed by atoms with Crippen molar-refractivity contribution in [2.75, 3.05) is 26.3 Å². The number of aryl methyl sites for hydroxylation is 2. The molecular formula is C24H35N3O3. The molecular weight excluding hydrogens is 378 g/mol. The average Bonchev–Trinajstić information content (AvgIpc) is 3.09. The number of carbonyl (C=O) groups is 1. The summed E-state index contributed by atoms with van der Waals surface area (Å²) in [6.45, 7) is 10.6. The van der Waals surface area contributed by atoms with Gasteiger partial charge in [-0.1, -0.05) is 25.1 Å². The van der Waals surface area contributed by atoms with E-state index in [0.717, 1.165) is 56.9 Å². The first-order valence-electron chi connectivity index (χ1n) is 11.2. The van der Waals surface area contributed by atoms with Crippen molar-refractivity contribution in [1.82, 2.24) is 14.7 Å². The van der Waals surface area contributed by atoms with E-state index in [4.69, 9.17) is 9.47 Å². The van der Waals surface area contributed by atoms with Gasteiger partial charge in [-0.3, -0.25) is 14.4 Å². The predicted octanol–water partition coefficient (Wildman–Crippen LogP) is 4.22. The van der Waals surface area contributed by atoms with E-state index in [9.17, 15) is 4.79 Å². The second kappa shape index (κ2) is 10.6. The van der Waals surface area contributed by atoms with E-state index in [2.05, 4.69) is 30.0 Å². The van der Waals surface area contributed by atoms with E-state index in [1.54, 1.807) is 0 Å². The fraction of sp³-hybridized carbons (Fsp3) is 0.583. The van der Waals surface area contributed by atoms with Gasteiger partial charge in [-0.15, -0.1) is 0 Å². The van der Waals surface area contributed by atoms with E-state index < -0.39 is 5.41 Å². The molecule has 1 fully saturated rings. The third kappa shape index (κ3) is 5.63. The van der Waals surface area contributed by atoms with Crippen molar-refractivity contribution in [3.63, 3.8) is 0 Å². The number of ether oxygens (including phenoxy) is 2. The minimum Gasteiger partial charge on any atom is -0.494 e. The fourth-order valence-corrected chi connectivity index (χ4v) is 4.16. The van der Waals surface area contributed by atoms with Crippen molar-refractivity contribution in [1.29, 1.82) is 0 Å². The lowest BCUT2D eigenvalue weighted by atomic mass is 9.75. The highest BCUT2D eigenvalue weighted by Gasteiger charge is 2.42. The molecule has 6 heteroatoms. The van der Waals surface area contributed by atoms with Gasteiger partial charge in [0.2, 0.25) is 0 Å². The normalized spacial score (nSPS) is 16.4. The Balaban J connectivity index is 1.59. The fourth-order valence-electron chi connectivity index (χ4n) is 4.16. The number of benzene rings is 1. The Kier molecular flexibility index (Phi) is 7.91. The Hall–Kier alpha value is -2.34. The number of carbonyl (C=O) groups excluding carboxylic acids is 1. The Morgan fingerprint density at radius 1 is 1.17 bits per heavy atom. The molecule has 1 saturated heterocycles. The quantitative estimate of drug-likeness (QED) is 0.546. The molecule has 0 unspecified atom stereocenters. The molecule has 0 spiro atoms. The largest absolute Gasteiger partial charge is 0.494 e. The molecule has 1 aliphatic heterocycles. The topological polar surface area (TPSA) is 56.6 Å². The molecule has 0 aliphatic carbocycles. The first-order chi connectivity index (χ1) is 14.6. The molecule has 1 aromatic heterocycles. The van der Waals surface area contributed by atoms with Crippen LogP contribution in [0.15, 0.2) is 36.5 Å². The third-order valence-corrected chi connectivity index (χ3v) is 6.01. The van der Waals surface area contributed by atoms with E-state index in [-0.39, 0.29) is 5.97 Å². The van der Waals surface area contributed by atoms with Gasteiger partial charge in [0.25, 0.3) is 0 Å². The minimum atomic E-state index is -0.456. The van der Waals surface area contributed by atoms with Crippen LogP contribution in [-0.2, 0) is 22.6 Å². The summed E-state index contributed by atoms with van der Waals surface area (Å²) in [4.78, 5) is 15.3. The van der Waals surface area contributed by atoms with Crippen molar-refractivity contribution in [2.45, 2.75) is 59.5 Å². The molecule has 30 heavy (non-hydrogen) atoms. The summed E-state index contributed by atoms with van der Waals surface area (Å²) in [6.07, 6.45) is 5.53. The molecule has 1 aromatic carbocycles. The number of hydrogen-bond donors (Lipinski definition) is 0. The molecule has 2 aromatic rings. The molecule has 0 amide bonds. The number of rotatable bonds is 10. The van der Waals surface area contributed by atoms with Crippen molar-refractivity contribution < 1.29 is 14.3 Å². The highest BCUT2D eigenvalue weighted by molar-refractivity contribution is 5.77. The molecule has 3 rings (SSSR count). The van der Waals surface area contributed by atoms with Crippen LogP contribution >= 0.6 is 0 Å². The van der Waals surface area contributed by atoms with Crippen LogP contribution in [0.1, 0.15) is 50.8 Å². The molecule has 0 bridgehead atoms. The number of hydrogen-bond acceptors (Lipinski definition) is 5. The number of piperidine rings is 1. The molecule has 0 atom stereocenters. The molecule has 0 saturated carbocycles. The summed E-state index contributed by atoms with van der Waals surface area (Å²) < 4.78 is 13.4. The van der Waals surface area contributed by atoms with Crippen LogP contribution in [0.25, 0.3) is 0 Å². The second-order valence-corrected chi connectivity index (χ2v) is 8.19. The average molecular weight is 414 g/mol. The van der Waals surface area contributed by atoms with Crippen LogP contribution < -0.4 is 4.74 Å². The Labute approximate surface area is 180 Å². The van der Waals surface area contributed by atoms with E-state index in [1.807, 2.05) is 41.9 Å². The molecule has 6 nitrogen and oxygen atoms in total. The van der Waals surface area contributed by atoms with Gasteiger partial charge < -0.3 is 9.47 Å². The summed E-state index contributed by atoms with van der Waals surface area (Å²) in [7, 11) is 0. The van der Waals surface area contributed by atoms with Crippen LogP contribution in [0.5, 0.6) is 5.75 Å². The highest BCUT2D eigenvalue weighted by Crippen LogP contribution is 2.37. The van der Waals surface area contributed by atoms with E-state index in [0.29, 0.717) is 19.6 Å².